The third-order valence-corrected chi connectivity index (χ3v) is 5.53. The van der Waals surface area contributed by atoms with Crippen molar-refractivity contribution in [3.63, 3.8) is 0 Å². The Labute approximate surface area is 272 Å². The van der Waals surface area contributed by atoms with Crippen molar-refractivity contribution >= 4 is 0 Å². The van der Waals surface area contributed by atoms with Gasteiger partial charge in [-0.1, -0.05) is 54.6 Å². The van der Waals surface area contributed by atoms with Gasteiger partial charge < -0.3 is 19.6 Å². The zero-order valence-corrected chi connectivity index (χ0v) is 27.6. The van der Waals surface area contributed by atoms with Crippen molar-refractivity contribution in [3.8, 4) is 0 Å². The molecule has 3 aliphatic rings. The number of rotatable bonds is 7. The molecule has 0 N–H and O–H groups in total. The third-order valence-electron chi connectivity index (χ3n) is 5.53. The molecule has 0 heterocycles. The Morgan fingerprint density at radius 3 is 1.12 bits per heavy atom. The van der Waals surface area contributed by atoms with Crippen molar-refractivity contribution in [3.05, 3.63) is 136 Å². The fraction of sp³-hybridized carbons (Fsp3) is 0.353. The summed E-state index contributed by atoms with van der Waals surface area (Å²) in [6.07, 6.45) is 27.1. The van der Waals surface area contributed by atoms with Crippen molar-refractivity contribution < 1.29 is 35.9 Å². The van der Waals surface area contributed by atoms with Crippen LogP contribution in [0.25, 0.3) is 0 Å². The predicted octanol–water partition coefficient (Wildman–Crippen LogP) is 1.96. The van der Waals surface area contributed by atoms with Crippen LogP contribution >= 0.6 is 0 Å². The topological polar surface area (TPSA) is 13.0 Å². The van der Waals surface area contributed by atoms with E-state index in [0.29, 0.717) is 0 Å². The second-order valence-corrected chi connectivity index (χ2v) is 10.3. The van der Waals surface area contributed by atoms with Crippen LogP contribution in [-0.2, 0) is 17.1 Å². The van der Waals surface area contributed by atoms with Crippen molar-refractivity contribution in [2.24, 2.45) is 0 Å². The van der Waals surface area contributed by atoms with E-state index in [-0.39, 0.29) is 35.9 Å². The molecule has 0 atom stereocenters. The molecule has 1 aromatic carbocycles. The van der Waals surface area contributed by atoms with Gasteiger partial charge in [0.15, 0.2) is 0 Å². The van der Waals surface area contributed by atoms with Crippen molar-refractivity contribution in [1.29, 1.82) is 0 Å². The van der Waals surface area contributed by atoms with Crippen LogP contribution in [0.15, 0.2) is 54.6 Å². The van der Waals surface area contributed by atoms with Gasteiger partial charge in [-0.2, -0.15) is 0 Å². The first-order valence-corrected chi connectivity index (χ1v) is 13.3. The van der Waals surface area contributed by atoms with Crippen LogP contribution in [0.2, 0.25) is 0 Å². The largest absolute Gasteiger partial charge is 1.00 e. The molecule has 1 aromatic rings. The van der Waals surface area contributed by atoms with Crippen LogP contribution in [-0.4, -0.2) is 102 Å². The van der Waals surface area contributed by atoms with E-state index in [1.54, 1.807) is 0 Å². The number of hydrogen-bond acceptors (Lipinski definition) is 4. The Hall–Kier alpha value is -0.343. The van der Waals surface area contributed by atoms with Gasteiger partial charge >= 0.3 is 18.9 Å². The molecule has 0 unspecified atom stereocenters. The molecule has 6 heteroatoms. The minimum absolute atomic E-state index is 0. The van der Waals surface area contributed by atoms with Crippen molar-refractivity contribution in [2.75, 3.05) is 82.6 Å². The summed E-state index contributed by atoms with van der Waals surface area (Å²) in [5.74, 6) is 3.90. The van der Waals surface area contributed by atoms with Crippen LogP contribution < -0.4 is 18.9 Å². The minimum Gasteiger partial charge on any atom is -0.308 e. The maximum absolute atomic E-state index is 2.18. The second kappa shape index (κ2) is 26.3. The van der Waals surface area contributed by atoms with Crippen LogP contribution in [0.3, 0.4) is 0 Å². The summed E-state index contributed by atoms with van der Waals surface area (Å²) in [6, 6.07) is 10.4. The van der Waals surface area contributed by atoms with E-state index in [1.165, 1.54) is 23.3 Å². The molecule has 0 bridgehead atoms. The van der Waals surface area contributed by atoms with Gasteiger partial charge in [0.2, 0.25) is 0 Å². The molecule has 0 aromatic heterocycles. The summed E-state index contributed by atoms with van der Waals surface area (Å²) in [5.41, 5.74) is 1.28. The summed E-state index contributed by atoms with van der Waals surface area (Å²) in [5, 5.41) is 0. The average molecular weight is 577 g/mol. The van der Waals surface area contributed by atoms with Gasteiger partial charge in [0, 0.05) is 61.0 Å². The SMILES string of the molecule is CN(C)CCN(C)C.CN(C)CCN(C)C.[CH]1[CH][CH][C](c2ccccc2)[CH][CH]1.[CH]1[CH][CH][C]2C=CC=C[C]2[CH]1.[Li+].[Mn]. The number of benzene rings is 1. The number of fused-ring (bicyclic) bond motifs is 1. The number of hydrogen-bond donors (Lipinski definition) is 0. The zero-order valence-electron chi connectivity index (χ0n) is 26.4. The maximum atomic E-state index is 2.18. The predicted molar refractivity (Wildman–Crippen MR) is 166 cm³/mol. The molecular weight excluding hydrogens is 526 g/mol. The molecule has 2 saturated carbocycles. The van der Waals surface area contributed by atoms with Gasteiger partial charge in [-0.15, -0.1) is 0 Å². The first kappa shape index (κ1) is 41.8. The Balaban J connectivity index is 0. The Kier molecular flexibility index (Phi) is 27.5. The van der Waals surface area contributed by atoms with Gasteiger partial charge in [-0.3, -0.25) is 0 Å². The summed E-state index contributed by atoms with van der Waals surface area (Å²) < 4.78 is 0. The second-order valence-electron chi connectivity index (χ2n) is 10.3. The summed E-state index contributed by atoms with van der Waals surface area (Å²) >= 11 is 0. The molecule has 4 rings (SSSR count). The molecule has 0 amide bonds. The molecule has 13 radical (unpaired) electrons. The summed E-state index contributed by atoms with van der Waals surface area (Å²) in [4.78, 5) is 8.72. The first-order chi connectivity index (χ1) is 18.2. The van der Waals surface area contributed by atoms with Crippen molar-refractivity contribution in [1.82, 2.24) is 19.6 Å². The van der Waals surface area contributed by atoms with Gasteiger partial charge in [-0.25, -0.2) is 0 Å². The smallest absolute Gasteiger partial charge is 0.308 e. The number of likely N-dealkylation sites (N-methyl/N-ethyl adjacent to an activating group) is 4. The average Bonchev–Trinajstić information content (AvgIpc) is 2.93. The quantitative estimate of drug-likeness (QED) is 0.461. The van der Waals surface area contributed by atoms with Gasteiger partial charge in [0.25, 0.3) is 0 Å². The number of allylic oxidation sites excluding steroid dienone is 4. The van der Waals surface area contributed by atoms with Gasteiger partial charge in [-0.05, 0) is 120 Å². The molecular formula is C34H50LiMnN4+. The summed E-state index contributed by atoms with van der Waals surface area (Å²) in [6.45, 7) is 4.58. The fourth-order valence-electron chi connectivity index (χ4n) is 3.19. The molecule has 4 nitrogen and oxygen atoms in total. The molecule has 0 aliphatic heterocycles. The minimum atomic E-state index is 0. The monoisotopic (exact) mass is 576 g/mol. The van der Waals surface area contributed by atoms with Crippen LogP contribution in [0.5, 0.6) is 0 Å². The summed E-state index contributed by atoms with van der Waals surface area (Å²) in [7, 11) is 16.7. The van der Waals surface area contributed by atoms with E-state index in [0.717, 1.165) is 26.2 Å². The van der Waals surface area contributed by atoms with E-state index in [1.807, 2.05) is 12.5 Å². The van der Waals surface area contributed by atoms with Gasteiger partial charge in [0.1, 0.15) is 0 Å². The Morgan fingerprint density at radius 2 is 0.775 bits per heavy atom. The van der Waals surface area contributed by atoms with E-state index >= 15 is 0 Å². The normalized spacial score (nSPS) is 17.0. The molecule has 0 saturated heterocycles. The Morgan fingerprint density at radius 1 is 0.450 bits per heavy atom. The molecule has 40 heavy (non-hydrogen) atoms. The van der Waals surface area contributed by atoms with E-state index in [9.17, 15) is 0 Å². The molecule has 0 spiro atoms. The first-order valence-electron chi connectivity index (χ1n) is 13.3. The van der Waals surface area contributed by atoms with Crippen LogP contribution in [0.1, 0.15) is 5.56 Å². The standard InChI is InChI=1S/C12H10.C10H8.2C6H16N2.Li.Mn/c1-3-7-11(8-4-1)12-9-5-2-6-10-12;1-2-6-10-8-4-3-7-9(10)5-1;2*1-7(2)5-6-8(3)4;;/h1-10H;1-8H;2*5-6H2,1-4H3;;/q;;;;+1;. The number of nitrogens with zero attached hydrogens (tertiary/aromatic N) is 4. The van der Waals surface area contributed by atoms with Crippen LogP contribution in [0.4, 0.5) is 0 Å². The third kappa shape index (κ3) is 22.3. The molecule has 3 aliphatic carbocycles. The molecule has 2 fully saturated rings. The Bertz CT molecular complexity index is 679. The van der Waals surface area contributed by atoms with E-state index in [4.69, 9.17) is 0 Å². The van der Waals surface area contributed by atoms with Crippen molar-refractivity contribution in [2.45, 2.75) is 0 Å². The van der Waals surface area contributed by atoms with E-state index < -0.39 is 0 Å². The zero-order chi connectivity index (χ0) is 28.2. The molecule has 213 valence electrons. The maximum Gasteiger partial charge on any atom is 1.00 e. The van der Waals surface area contributed by atoms with Gasteiger partial charge in [0.05, 0.1) is 0 Å². The fourth-order valence-corrected chi connectivity index (χ4v) is 3.19. The van der Waals surface area contributed by atoms with Crippen LogP contribution in [0, 0.1) is 75.5 Å². The van der Waals surface area contributed by atoms with E-state index in [2.05, 4.69) is 176 Å².